The number of hydrogen-bond acceptors (Lipinski definition) is 5. The van der Waals surface area contributed by atoms with Crippen LogP contribution in [0.25, 0.3) is 27.8 Å². The molecule has 1 N–H and O–H groups in total. The van der Waals surface area contributed by atoms with E-state index < -0.39 is 17.6 Å². The van der Waals surface area contributed by atoms with Gasteiger partial charge in [0.05, 0.1) is 11.3 Å². The first kappa shape index (κ1) is 15.9. The molecule has 26 heavy (non-hydrogen) atoms. The van der Waals surface area contributed by atoms with Gasteiger partial charge in [-0.25, -0.2) is 9.31 Å². The highest BCUT2D eigenvalue weighted by molar-refractivity contribution is 5.84. The van der Waals surface area contributed by atoms with Gasteiger partial charge in [0.1, 0.15) is 11.6 Å². The lowest BCUT2D eigenvalue weighted by Crippen LogP contribution is -2.28. The largest absolute Gasteiger partial charge is 0.480 e. The minimum absolute atomic E-state index is 0.0789. The molecular formula is C18H15N5O3. The van der Waals surface area contributed by atoms with E-state index in [9.17, 15) is 9.59 Å². The number of benzene rings is 1. The lowest BCUT2D eigenvalue weighted by molar-refractivity contribution is -0.140. The van der Waals surface area contributed by atoms with E-state index >= 15 is 0 Å². The van der Waals surface area contributed by atoms with Crippen molar-refractivity contribution in [3.05, 3.63) is 58.6 Å². The van der Waals surface area contributed by atoms with Gasteiger partial charge in [-0.05, 0) is 25.5 Å². The average molecular weight is 349 g/mol. The molecule has 0 saturated carbocycles. The summed E-state index contributed by atoms with van der Waals surface area (Å²) >= 11 is 0. The van der Waals surface area contributed by atoms with Gasteiger partial charge >= 0.3 is 5.97 Å². The first-order chi connectivity index (χ1) is 12.5. The molecule has 0 aliphatic heterocycles. The Hall–Kier alpha value is -3.55. The van der Waals surface area contributed by atoms with E-state index in [4.69, 9.17) is 5.11 Å². The molecule has 0 unspecified atom stereocenters. The Morgan fingerprint density at radius 1 is 1.15 bits per heavy atom. The van der Waals surface area contributed by atoms with Crippen molar-refractivity contribution in [1.82, 2.24) is 24.4 Å². The number of aryl methyl sites for hydroxylation is 1. The first-order valence-electron chi connectivity index (χ1n) is 8.04. The number of pyridine rings is 1. The molecule has 0 fully saturated rings. The fourth-order valence-corrected chi connectivity index (χ4v) is 3.03. The third kappa shape index (κ3) is 2.26. The van der Waals surface area contributed by atoms with E-state index in [0.29, 0.717) is 11.2 Å². The molecule has 1 aromatic carbocycles. The highest BCUT2D eigenvalue weighted by Crippen LogP contribution is 2.27. The van der Waals surface area contributed by atoms with Crippen LogP contribution in [0.5, 0.6) is 0 Å². The van der Waals surface area contributed by atoms with Crippen molar-refractivity contribution >= 4 is 22.6 Å². The Morgan fingerprint density at radius 2 is 1.88 bits per heavy atom. The summed E-state index contributed by atoms with van der Waals surface area (Å²) in [6.07, 6.45) is 1.45. The molecule has 1 atom stereocenters. The van der Waals surface area contributed by atoms with Crippen LogP contribution in [0.4, 0.5) is 0 Å². The Balaban J connectivity index is 2.02. The minimum atomic E-state index is -1.10. The van der Waals surface area contributed by atoms with Gasteiger partial charge in [0.2, 0.25) is 0 Å². The van der Waals surface area contributed by atoms with E-state index in [1.54, 1.807) is 10.6 Å². The van der Waals surface area contributed by atoms with Crippen LogP contribution in [-0.4, -0.2) is 35.5 Å². The van der Waals surface area contributed by atoms with Crippen LogP contribution in [0.1, 0.15) is 18.7 Å². The predicted octanol–water partition coefficient (Wildman–Crippen LogP) is 2.06. The monoisotopic (exact) mass is 349 g/mol. The van der Waals surface area contributed by atoms with Crippen LogP contribution in [0.2, 0.25) is 0 Å². The highest BCUT2D eigenvalue weighted by Gasteiger charge is 2.20. The zero-order valence-electron chi connectivity index (χ0n) is 14.1. The van der Waals surface area contributed by atoms with Crippen molar-refractivity contribution in [3.8, 4) is 11.1 Å². The molecule has 3 aromatic heterocycles. The molecule has 8 heteroatoms. The highest BCUT2D eigenvalue weighted by atomic mass is 16.4. The number of nitrogens with zero attached hydrogens (tertiary/aromatic N) is 5. The van der Waals surface area contributed by atoms with Gasteiger partial charge < -0.3 is 5.11 Å². The van der Waals surface area contributed by atoms with Crippen molar-refractivity contribution in [2.45, 2.75) is 19.9 Å². The van der Waals surface area contributed by atoms with Gasteiger partial charge in [-0.1, -0.05) is 30.3 Å². The molecule has 0 saturated heterocycles. The summed E-state index contributed by atoms with van der Waals surface area (Å²) in [7, 11) is 0. The van der Waals surface area contributed by atoms with Gasteiger partial charge in [0, 0.05) is 6.20 Å². The lowest BCUT2D eigenvalue weighted by atomic mass is 10.1. The van der Waals surface area contributed by atoms with Crippen molar-refractivity contribution < 1.29 is 9.90 Å². The Kier molecular flexibility index (Phi) is 3.54. The van der Waals surface area contributed by atoms with E-state index in [1.165, 1.54) is 13.1 Å². The summed E-state index contributed by atoms with van der Waals surface area (Å²) in [5.41, 5.74) is 3.17. The predicted molar refractivity (Wildman–Crippen MR) is 95.1 cm³/mol. The number of carboxylic acid groups (broad SMARTS) is 1. The molecule has 8 nitrogen and oxygen atoms in total. The van der Waals surface area contributed by atoms with Crippen LogP contribution < -0.4 is 5.56 Å². The zero-order valence-corrected chi connectivity index (χ0v) is 14.1. The smallest absolute Gasteiger partial charge is 0.326 e. The Labute approximate surface area is 147 Å². The standard InChI is InChI=1S/C18H15N5O3/c1-10-14(12-6-4-3-5-7-12)16-20-19-15-13(23(16)21-10)8-9-22(17(15)24)11(2)18(25)26/h3-9,11H,1-2H3,(H,25,26)/t11-/m1/s1. The van der Waals surface area contributed by atoms with Gasteiger partial charge in [-0.15, -0.1) is 10.2 Å². The van der Waals surface area contributed by atoms with Gasteiger partial charge in [0.25, 0.3) is 5.56 Å². The third-order valence-corrected chi connectivity index (χ3v) is 4.42. The number of carboxylic acids is 1. The second-order valence-electron chi connectivity index (χ2n) is 6.04. The third-order valence-electron chi connectivity index (χ3n) is 4.42. The molecule has 0 radical (unpaired) electrons. The van der Waals surface area contributed by atoms with Crippen molar-refractivity contribution in [1.29, 1.82) is 0 Å². The number of carbonyl (C=O) groups is 1. The molecule has 4 rings (SSSR count). The molecule has 0 bridgehead atoms. The minimum Gasteiger partial charge on any atom is -0.480 e. The molecule has 0 aliphatic carbocycles. The van der Waals surface area contributed by atoms with E-state index in [2.05, 4.69) is 15.3 Å². The molecule has 0 amide bonds. The SMILES string of the molecule is Cc1nn2c(nnc3c(=O)n([C@H](C)C(=O)O)ccc32)c1-c1ccccc1. The van der Waals surface area contributed by atoms with Crippen LogP contribution in [0.15, 0.2) is 47.4 Å². The molecule has 130 valence electrons. The summed E-state index contributed by atoms with van der Waals surface area (Å²) in [6.45, 7) is 3.31. The summed E-state index contributed by atoms with van der Waals surface area (Å²) in [5.74, 6) is -1.10. The zero-order chi connectivity index (χ0) is 18.4. The van der Waals surface area contributed by atoms with Crippen molar-refractivity contribution in [2.24, 2.45) is 0 Å². The maximum absolute atomic E-state index is 12.6. The first-order valence-corrected chi connectivity index (χ1v) is 8.04. The Bertz CT molecular complexity index is 1210. The maximum atomic E-state index is 12.6. The van der Waals surface area contributed by atoms with Crippen molar-refractivity contribution in [3.63, 3.8) is 0 Å². The number of hydrogen-bond donors (Lipinski definition) is 1. The summed E-state index contributed by atoms with van der Waals surface area (Å²) in [6, 6.07) is 10.3. The molecule has 4 aromatic rings. The van der Waals surface area contributed by atoms with Crippen molar-refractivity contribution in [2.75, 3.05) is 0 Å². The number of fused-ring (bicyclic) bond motifs is 3. The number of rotatable bonds is 3. The molecular weight excluding hydrogens is 334 g/mol. The summed E-state index contributed by atoms with van der Waals surface area (Å²) in [5, 5.41) is 22.0. The fourth-order valence-electron chi connectivity index (χ4n) is 3.03. The summed E-state index contributed by atoms with van der Waals surface area (Å²) in [4.78, 5) is 23.8. The van der Waals surface area contributed by atoms with Crippen LogP contribution in [0.3, 0.4) is 0 Å². The summed E-state index contributed by atoms with van der Waals surface area (Å²) < 4.78 is 2.71. The van der Waals surface area contributed by atoms with Crippen LogP contribution in [0, 0.1) is 6.92 Å². The maximum Gasteiger partial charge on any atom is 0.326 e. The number of aliphatic carboxylic acids is 1. The van der Waals surface area contributed by atoms with E-state index in [-0.39, 0.29) is 5.52 Å². The van der Waals surface area contributed by atoms with E-state index in [1.807, 2.05) is 37.3 Å². The average Bonchev–Trinajstić information content (AvgIpc) is 2.98. The molecule has 0 spiro atoms. The topological polar surface area (TPSA) is 102 Å². The lowest BCUT2D eigenvalue weighted by Gasteiger charge is -2.11. The Morgan fingerprint density at radius 3 is 2.58 bits per heavy atom. The quantitative estimate of drug-likeness (QED) is 0.607. The van der Waals surface area contributed by atoms with Crippen LogP contribution in [-0.2, 0) is 4.79 Å². The second-order valence-corrected chi connectivity index (χ2v) is 6.04. The fraction of sp³-hybridized carbons (Fsp3) is 0.167. The van der Waals surface area contributed by atoms with Gasteiger partial charge in [-0.3, -0.25) is 9.36 Å². The normalized spacial score (nSPS) is 12.5. The van der Waals surface area contributed by atoms with Crippen LogP contribution >= 0.6 is 0 Å². The van der Waals surface area contributed by atoms with E-state index in [0.717, 1.165) is 21.4 Å². The molecule has 0 aliphatic rings. The molecule has 3 heterocycles. The van der Waals surface area contributed by atoms with Gasteiger partial charge in [0.15, 0.2) is 11.2 Å². The number of aromatic nitrogens is 5. The van der Waals surface area contributed by atoms with Gasteiger partial charge in [-0.2, -0.15) is 5.10 Å². The second kappa shape index (κ2) is 5.76.